The Hall–Kier alpha value is -1.33. The van der Waals surface area contributed by atoms with Gasteiger partial charge in [0.2, 0.25) is 0 Å². The molecule has 2 aliphatic heterocycles. The van der Waals surface area contributed by atoms with Gasteiger partial charge in [0.1, 0.15) is 11.8 Å². The van der Waals surface area contributed by atoms with Crippen LogP contribution in [0.1, 0.15) is 35.3 Å². The first-order valence-corrected chi connectivity index (χ1v) is 6.00. The zero-order valence-corrected chi connectivity index (χ0v) is 9.58. The van der Waals surface area contributed by atoms with Crippen LogP contribution in [0.5, 0.6) is 0 Å². The molecule has 2 aliphatic rings. The average Bonchev–Trinajstić information content (AvgIpc) is 2.86. The fourth-order valence-corrected chi connectivity index (χ4v) is 2.58. The Morgan fingerprint density at radius 3 is 3.35 bits per heavy atom. The predicted octanol–water partition coefficient (Wildman–Crippen LogP) is 0.825. The summed E-state index contributed by atoms with van der Waals surface area (Å²) in [7, 11) is 0. The molecule has 0 amide bonds. The minimum atomic E-state index is -0.0933. The lowest BCUT2D eigenvalue weighted by Gasteiger charge is -2.34. The van der Waals surface area contributed by atoms with Crippen molar-refractivity contribution >= 4 is 6.29 Å². The first-order valence-electron chi connectivity index (χ1n) is 6.00. The summed E-state index contributed by atoms with van der Waals surface area (Å²) in [4.78, 5) is 21.5. The van der Waals surface area contributed by atoms with Gasteiger partial charge in [-0.15, -0.1) is 0 Å². The van der Waals surface area contributed by atoms with E-state index < -0.39 is 0 Å². The third kappa shape index (κ3) is 2.08. The number of aldehydes is 1. The molecule has 2 atom stereocenters. The summed E-state index contributed by atoms with van der Waals surface area (Å²) in [5.74, 6) is 0.625. The number of fused-ring (bicyclic) bond motifs is 1. The second-order valence-corrected chi connectivity index (χ2v) is 4.57. The number of rotatable bonds is 2. The van der Waals surface area contributed by atoms with Crippen LogP contribution in [0.4, 0.5) is 0 Å². The highest BCUT2D eigenvalue weighted by Gasteiger charge is 2.33. The van der Waals surface area contributed by atoms with Crippen molar-refractivity contribution in [2.24, 2.45) is 0 Å². The lowest BCUT2D eigenvalue weighted by atomic mass is 10.2. The Balaban J connectivity index is 1.77. The van der Waals surface area contributed by atoms with E-state index in [2.05, 4.69) is 14.9 Å². The van der Waals surface area contributed by atoms with E-state index in [1.54, 1.807) is 12.3 Å². The van der Waals surface area contributed by atoms with Crippen molar-refractivity contribution in [1.82, 2.24) is 14.9 Å². The van der Waals surface area contributed by atoms with Crippen LogP contribution in [-0.2, 0) is 4.74 Å². The maximum atomic E-state index is 10.7. The van der Waals surface area contributed by atoms with E-state index in [4.69, 9.17) is 4.74 Å². The zero-order chi connectivity index (χ0) is 11.7. The SMILES string of the molecule is O=Cc1ccnc(C2CN3CCCC3CO2)n1. The summed E-state index contributed by atoms with van der Waals surface area (Å²) in [6.45, 7) is 2.73. The van der Waals surface area contributed by atoms with Crippen LogP contribution in [0, 0.1) is 0 Å². The van der Waals surface area contributed by atoms with Crippen molar-refractivity contribution in [1.29, 1.82) is 0 Å². The standard InChI is InChI=1S/C12H15N3O2/c16-7-9-3-4-13-12(14-9)11-6-15-5-1-2-10(15)8-17-11/h3-4,7,10-11H,1-2,5-6,8H2. The topological polar surface area (TPSA) is 55.3 Å². The molecule has 0 bridgehead atoms. The maximum Gasteiger partial charge on any atom is 0.168 e. The number of hydrogen-bond donors (Lipinski definition) is 0. The number of aromatic nitrogens is 2. The van der Waals surface area contributed by atoms with Gasteiger partial charge in [-0.05, 0) is 25.5 Å². The van der Waals surface area contributed by atoms with Crippen LogP contribution < -0.4 is 0 Å². The fourth-order valence-electron chi connectivity index (χ4n) is 2.58. The summed E-state index contributed by atoms with van der Waals surface area (Å²) < 4.78 is 5.79. The molecule has 2 saturated heterocycles. The van der Waals surface area contributed by atoms with Gasteiger partial charge in [-0.1, -0.05) is 0 Å². The van der Waals surface area contributed by atoms with Crippen molar-refractivity contribution in [3.8, 4) is 0 Å². The molecule has 5 heteroatoms. The van der Waals surface area contributed by atoms with Gasteiger partial charge in [0.15, 0.2) is 12.1 Å². The van der Waals surface area contributed by atoms with Crippen LogP contribution in [0.2, 0.25) is 0 Å². The third-order valence-electron chi connectivity index (χ3n) is 3.49. The maximum absolute atomic E-state index is 10.7. The highest BCUT2D eigenvalue weighted by atomic mass is 16.5. The van der Waals surface area contributed by atoms with E-state index in [9.17, 15) is 4.79 Å². The van der Waals surface area contributed by atoms with Crippen LogP contribution >= 0.6 is 0 Å². The summed E-state index contributed by atoms with van der Waals surface area (Å²) in [6, 6.07) is 2.18. The summed E-state index contributed by atoms with van der Waals surface area (Å²) in [6.07, 6.45) is 4.74. The largest absolute Gasteiger partial charge is 0.367 e. The second kappa shape index (κ2) is 4.50. The van der Waals surface area contributed by atoms with Crippen molar-refractivity contribution in [2.45, 2.75) is 25.0 Å². The van der Waals surface area contributed by atoms with Crippen molar-refractivity contribution < 1.29 is 9.53 Å². The van der Waals surface area contributed by atoms with Crippen LogP contribution in [0.25, 0.3) is 0 Å². The van der Waals surface area contributed by atoms with Crippen molar-refractivity contribution in [3.63, 3.8) is 0 Å². The molecule has 0 spiro atoms. The van der Waals surface area contributed by atoms with Crippen LogP contribution in [-0.4, -0.2) is 46.9 Å². The van der Waals surface area contributed by atoms with Gasteiger partial charge in [-0.2, -0.15) is 0 Å². The number of nitrogens with zero attached hydrogens (tertiary/aromatic N) is 3. The van der Waals surface area contributed by atoms with Gasteiger partial charge >= 0.3 is 0 Å². The molecule has 1 aromatic rings. The molecule has 3 heterocycles. The molecule has 0 N–H and O–H groups in total. The number of ether oxygens (including phenoxy) is 1. The van der Waals surface area contributed by atoms with E-state index in [0.29, 0.717) is 17.6 Å². The van der Waals surface area contributed by atoms with E-state index in [1.807, 2.05) is 0 Å². The van der Waals surface area contributed by atoms with Gasteiger partial charge in [-0.3, -0.25) is 9.69 Å². The first kappa shape index (κ1) is 10.8. The number of carbonyl (C=O) groups is 1. The van der Waals surface area contributed by atoms with Crippen molar-refractivity contribution in [2.75, 3.05) is 19.7 Å². The summed E-state index contributed by atoms with van der Waals surface area (Å²) >= 11 is 0. The molecule has 2 fully saturated rings. The zero-order valence-electron chi connectivity index (χ0n) is 9.58. The minimum absolute atomic E-state index is 0.0933. The monoisotopic (exact) mass is 233 g/mol. The van der Waals surface area contributed by atoms with Crippen molar-refractivity contribution in [3.05, 3.63) is 23.8 Å². The lowest BCUT2D eigenvalue weighted by molar-refractivity contribution is -0.0541. The molecule has 3 rings (SSSR count). The molecular weight excluding hydrogens is 218 g/mol. The second-order valence-electron chi connectivity index (χ2n) is 4.57. The van der Waals surface area contributed by atoms with Gasteiger partial charge in [0.25, 0.3) is 0 Å². The Bertz CT molecular complexity index is 424. The Labute approximate surface area is 99.8 Å². The van der Waals surface area contributed by atoms with Gasteiger partial charge in [0, 0.05) is 18.8 Å². The predicted molar refractivity (Wildman–Crippen MR) is 60.7 cm³/mol. The molecule has 2 unspecified atom stereocenters. The van der Waals surface area contributed by atoms with Crippen LogP contribution in [0.3, 0.4) is 0 Å². The number of hydrogen-bond acceptors (Lipinski definition) is 5. The van der Waals surface area contributed by atoms with Gasteiger partial charge < -0.3 is 4.74 Å². The first-order chi connectivity index (χ1) is 8.36. The smallest absolute Gasteiger partial charge is 0.168 e. The summed E-state index contributed by atoms with van der Waals surface area (Å²) in [5.41, 5.74) is 0.419. The van der Waals surface area contributed by atoms with Gasteiger partial charge in [-0.25, -0.2) is 9.97 Å². The fraction of sp³-hybridized carbons (Fsp3) is 0.583. The Morgan fingerprint density at radius 1 is 1.53 bits per heavy atom. The van der Waals surface area contributed by atoms with E-state index in [1.165, 1.54) is 12.8 Å². The van der Waals surface area contributed by atoms with E-state index in [0.717, 1.165) is 26.0 Å². The van der Waals surface area contributed by atoms with Crippen LogP contribution in [0.15, 0.2) is 12.3 Å². The highest BCUT2D eigenvalue weighted by Crippen LogP contribution is 2.28. The number of morpholine rings is 1. The average molecular weight is 233 g/mol. The highest BCUT2D eigenvalue weighted by molar-refractivity contribution is 5.71. The molecule has 0 aromatic carbocycles. The Morgan fingerprint density at radius 2 is 2.47 bits per heavy atom. The molecule has 17 heavy (non-hydrogen) atoms. The molecular formula is C12H15N3O2. The summed E-state index contributed by atoms with van der Waals surface area (Å²) in [5, 5.41) is 0. The van der Waals surface area contributed by atoms with E-state index in [-0.39, 0.29) is 6.10 Å². The number of carbonyl (C=O) groups excluding carboxylic acids is 1. The molecule has 5 nitrogen and oxygen atoms in total. The Kier molecular flexibility index (Phi) is 2.86. The lowest BCUT2D eigenvalue weighted by Crippen LogP contribution is -2.42. The molecule has 0 saturated carbocycles. The molecule has 0 radical (unpaired) electrons. The minimum Gasteiger partial charge on any atom is -0.367 e. The third-order valence-corrected chi connectivity index (χ3v) is 3.49. The molecule has 0 aliphatic carbocycles. The molecule has 90 valence electrons. The van der Waals surface area contributed by atoms with Gasteiger partial charge in [0.05, 0.1) is 6.61 Å². The van der Waals surface area contributed by atoms with E-state index >= 15 is 0 Å². The quantitative estimate of drug-likeness (QED) is 0.708. The normalized spacial score (nSPS) is 28.9. The molecule has 1 aromatic heterocycles.